The third-order valence-electron chi connectivity index (χ3n) is 3.81. The van der Waals surface area contributed by atoms with Crippen molar-refractivity contribution in [3.8, 4) is 5.75 Å². The Kier molecular flexibility index (Phi) is 6.47. The summed E-state index contributed by atoms with van der Waals surface area (Å²) in [6.45, 7) is 1.77. The zero-order valence-electron chi connectivity index (χ0n) is 14.2. The standard InChI is InChI=1S/C18H18ClF3N2O2/c1-11(3-4-12-5-7-14(26-2)8-6-12)24-17(25)15-9-13(18(20,21)22)10-23-16(15)19/h5-11H,3-4H2,1-2H3,(H,24,25)/t11-/m0/s1. The SMILES string of the molecule is COc1ccc(CC[C@H](C)NC(=O)c2cc(C(F)(F)F)cnc2Cl)cc1. The summed E-state index contributed by atoms with van der Waals surface area (Å²) in [6, 6.07) is 7.97. The summed E-state index contributed by atoms with van der Waals surface area (Å²) in [5.74, 6) is 0.0672. The van der Waals surface area contributed by atoms with E-state index in [1.54, 1.807) is 14.0 Å². The first-order chi connectivity index (χ1) is 12.2. The number of rotatable bonds is 6. The normalized spacial score (nSPS) is 12.5. The number of hydrogen-bond donors (Lipinski definition) is 1. The Bertz CT molecular complexity index is 764. The number of hydrogen-bond acceptors (Lipinski definition) is 3. The molecule has 0 radical (unpaired) electrons. The van der Waals surface area contributed by atoms with Crippen molar-refractivity contribution in [3.05, 3.63) is 58.4 Å². The van der Waals surface area contributed by atoms with Crippen molar-refractivity contribution in [1.82, 2.24) is 10.3 Å². The average molecular weight is 387 g/mol. The van der Waals surface area contributed by atoms with Crippen LogP contribution in [-0.2, 0) is 12.6 Å². The molecule has 0 saturated carbocycles. The molecule has 0 spiro atoms. The van der Waals surface area contributed by atoms with Gasteiger partial charge in [0.1, 0.15) is 10.9 Å². The zero-order valence-corrected chi connectivity index (χ0v) is 15.0. The molecule has 1 amide bonds. The second-order valence-corrected chi connectivity index (χ2v) is 6.18. The molecule has 4 nitrogen and oxygen atoms in total. The number of aromatic nitrogens is 1. The van der Waals surface area contributed by atoms with Gasteiger partial charge in [-0.25, -0.2) is 4.98 Å². The molecule has 1 heterocycles. The third-order valence-corrected chi connectivity index (χ3v) is 4.11. The maximum absolute atomic E-state index is 12.8. The van der Waals surface area contributed by atoms with Gasteiger partial charge in [0.15, 0.2) is 0 Å². The predicted molar refractivity (Wildman–Crippen MR) is 92.5 cm³/mol. The molecule has 0 aliphatic heterocycles. The minimum Gasteiger partial charge on any atom is -0.497 e. The number of alkyl halides is 3. The van der Waals surface area contributed by atoms with Gasteiger partial charge >= 0.3 is 6.18 Å². The van der Waals surface area contributed by atoms with E-state index in [9.17, 15) is 18.0 Å². The first-order valence-electron chi connectivity index (χ1n) is 7.87. The van der Waals surface area contributed by atoms with Gasteiger partial charge in [-0.15, -0.1) is 0 Å². The largest absolute Gasteiger partial charge is 0.497 e. The lowest BCUT2D eigenvalue weighted by atomic mass is 10.1. The highest BCUT2D eigenvalue weighted by atomic mass is 35.5. The van der Waals surface area contributed by atoms with Crippen LogP contribution in [-0.4, -0.2) is 24.0 Å². The maximum atomic E-state index is 12.8. The average Bonchev–Trinajstić information content (AvgIpc) is 2.59. The topological polar surface area (TPSA) is 51.2 Å². The van der Waals surface area contributed by atoms with E-state index in [-0.39, 0.29) is 16.8 Å². The van der Waals surface area contributed by atoms with Crippen molar-refractivity contribution in [1.29, 1.82) is 0 Å². The molecule has 26 heavy (non-hydrogen) atoms. The summed E-state index contributed by atoms with van der Waals surface area (Å²) in [4.78, 5) is 15.7. The molecule has 0 aliphatic rings. The fraction of sp³-hybridized carbons (Fsp3) is 0.333. The quantitative estimate of drug-likeness (QED) is 0.743. The molecule has 0 unspecified atom stereocenters. The van der Waals surface area contributed by atoms with Crippen LogP contribution in [0.1, 0.15) is 34.8 Å². The molecule has 1 N–H and O–H groups in total. The number of pyridine rings is 1. The van der Waals surface area contributed by atoms with E-state index in [1.165, 1.54) is 0 Å². The van der Waals surface area contributed by atoms with Crippen LogP contribution in [0.3, 0.4) is 0 Å². The van der Waals surface area contributed by atoms with Gasteiger partial charge in [-0.3, -0.25) is 4.79 Å². The van der Waals surface area contributed by atoms with Crippen LogP contribution >= 0.6 is 11.6 Å². The van der Waals surface area contributed by atoms with Crippen molar-refractivity contribution < 1.29 is 22.7 Å². The van der Waals surface area contributed by atoms with Crippen LogP contribution in [0.5, 0.6) is 5.75 Å². The molecular weight excluding hydrogens is 369 g/mol. The summed E-state index contributed by atoms with van der Waals surface area (Å²) in [5.41, 5.74) is -0.249. The highest BCUT2D eigenvalue weighted by Gasteiger charge is 2.32. The van der Waals surface area contributed by atoms with Crippen LogP contribution in [0.2, 0.25) is 5.15 Å². The van der Waals surface area contributed by atoms with Crippen LogP contribution in [0, 0.1) is 0 Å². The Balaban J connectivity index is 1.98. The molecule has 0 aliphatic carbocycles. The Morgan fingerprint density at radius 3 is 2.54 bits per heavy atom. The van der Waals surface area contributed by atoms with Crippen molar-refractivity contribution in [3.63, 3.8) is 0 Å². The third kappa shape index (κ3) is 5.36. The Hall–Kier alpha value is -2.28. The number of amides is 1. The summed E-state index contributed by atoms with van der Waals surface area (Å²) in [7, 11) is 1.58. The molecule has 0 bridgehead atoms. The molecule has 8 heteroatoms. The molecule has 2 rings (SSSR count). The molecule has 1 atom stereocenters. The van der Waals surface area contributed by atoms with Crippen molar-refractivity contribution in [2.75, 3.05) is 7.11 Å². The van der Waals surface area contributed by atoms with E-state index >= 15 is 0 Å². The number of ether oxygens (including phenoxy) is 1. The van der Waals surface area contributed by atoms with E-state index in [1.807, 2.05) is 24.3 Å². The van der Waals surface area contributed by atoms with Crippen LogP contribution in [0.25, 0.3) is 0 Å². The monoisotopic (exact) mass is 386 g/mol. The van der Waals surface area contributed by atoms with Gasteiger partial charge in [0.05, 0.1) is 18.2 Å². The number of carbonyl (C=O) groups is 1. The minimum atomic E-state index is -4.59. The van der Waals surface area contributed by atoms with E-state index in [0.29, 0.717) is 25.1 Å². The number of carbonyl (C=O) groups excluding carboxylic acids is 1. The first-order valence-corrected chi connectivity index (χ1v) is 8.25. The molecule has 0 fully saturated rings. The Labute approximate surface area is 154 Å². The van der Waals surface area contributed by atoms with Gasteiger partial charge in [0.25, 0.3) is 5.91 Å². The highest BCUT2D eigenvalue weighted by molar-refractivity contribution is 6.32. The summed E-state index contributed by atoms with van der Waals surface area (Å²) in [5, 5.41) is 2.39. The molecule has 2 aromatic rings. The van der Waals surface area contributed by atoms with E-state index in [2.05, 4.69) is 10.3 Å². The highest BCUT2D eigenvalue weighted by Crippen LogP contribution is 2.30. The second-order valence-electron chi connectivity index (χ2n) is 5.82. The predicted octanol–water partition coefficient (Wildman–Crippen LogP) is 4.51. The van der Waals surface area contributed by atoms with E-state index in [4.69, 9.17) is 16.3 Å². The van der Waals surface area contributed by atoms with Crippen LogP contribution in [0.4, 0.5) is 13.2 Å². The zero-order chi connectivity index (χ0) is 19.3. The number of nitrogens with one attached hydrogen (secondary N) is 1. The summed E-state index contributed by atoms with van der Waals surface area (Å²) < 4.78 is 43.4. The van der Waals surface area contributed by atoms with Crippen molar-refractivity contribution >= 4 is 17.5 Å². The first kappa shape index (κ1) is 20.0. The van der Waals surface area contributed by atoms with Gasteiger partial charge < -0.3 is 10.1 Å². The Morgan fingerprint density at radius 2 is 1.96 bits per heavy atom. The second kappa shape index (κ2) is 8.40. The maximum Gasteiger partial charge on any atom is 0.417 e. The summed E-state index contributed by atoms with van der Waals surface area (Å²) >= 11 is 5.77. The van der Waals surface area contributed by atoms with Gasteiger partial charge in [0, 0.05) is 12.2 Å². The van der Waals surface area contributed by atoms with Crippen molar-refractivity contribution in [2.24, 2.45) is 0 Å². The lowest BCUT2D eigenvalue weighted by Gasteiger charge is -2.15. The number of halogens is 4. The smallest absolute Gasteiger partial charge is 0.417 e. The van der Waals surface area contributed by atoms with E-state index in [0.717, 1.165) is 11.3 Å². The van der Waals surface area contributed by atoms with Gasteiger partial charge in [0.2, 0.25) is 0 Å². The van der Waals surface area contributed by atoms with Crippen LogP contribution < -0.4 is 10.1 Å². The number of nitrogens with zero attached hydrogens (tertiary/aromatic N) is 1. The fourth-order valence-corrected chi connectivity index (χ4v) is 2.50. The number of aryl methyl sites for hydroxylation is 1. The van der Waals surface area contributed by atoms with E-state index < -0.39 is 17.6 Å². The van der Waals surface area contributed by atoms with Gasteiger partial charge in [-0.1, -0.05) is 23.7 Å². The molecule has 0 saturated heterocycles. The lowest BCUT2D eigenvalue weighted by Crippen LogP contribution is -2.33. The Morgan fingerprint density at radius 1 is 1.31 bits per heavy atom. The number of methoxy groups -OCH3 is 1. The van der Waals surface area contributed by atoms with Crippen molar-refractivity contribution in [2.45, 2.75) is 32.0 Å². The molecule has 1 aromatic carbocycles. The van der Waals surface area contributed by atoms with Gasteiger partial charge in [-0.2, -0.15) is 13.2 Å². The molecular formula is C18H18ClF3N2O2. The fourth-order valence-electron chi connectivity index (χ4n) is 2.31. The summed E-state index contributed by atoms with van der Waals surface area (Å²) in [6.07, 6.45) is -2.68. The number of benzene rings is 1. The minimum absolute atomic E-state index is 0.254. The van der Waals surface area contributed by atoms with Gasteiger partial charge in [-0.05, 0) is 43.5 Å². The van der Waals surface area contributed by atoms with Crippen LogP contribution in [0.15, 0.2) is 36.5 Å². The molecule has 1 aromatic heterocycles. The lowest BCUT2D eigenvalue weighted by molar-refractivity contribution is -0.137. The molecule has 140 valence electrons.